The Morgan fingerprint density at radius 2 is 1.61 bits per heavy atom. The van der Waals surface area contributed by atoms with Crippen LogP contribution in [0.5, 0.6) is 0 Å². The summed E-state index contributed by atoms with van der Waals surface area (Å²) in [5, 5.41) is 0. The van der Waals surface area contributed by atoms with Crippen molar-refractivity contribution in [3.05, 3.63) is 84.0 Å². The Labute approximate surface area is 141 Å². The zero-order valence-corrected chi connectivity index (χ0v) is 14.4. The second-order valence-corrected chi connectivity index (χ2v) is 5.85. The molecule has 2 rings (SSSR count). The van der Waals surface area contributed by atoms with Crippen molar-refractivity contribution in [2.45, 2.75) is 46.0 Å². The Balaban J connectivity index is 2.04. The zero-order chi connectivity index (χ0) is 16.3. The third-order valence-electron chi connectivity index (χ3n) is 3.86. The van der Waals surface area contributed by atoms with Crippen LogP contribution in [0.2, 0.25) is 0 Å². The van der Waals surface area contributed by atoms with Crippen molar-refractivity contribution in [2.24, 2.45) is 0 Å². The van der Waals surface area contributed by atoms with Crippen LogP contribution < -0.4 is 0 Å². The molecule has 0 aliphatic carbocycles. The van der Waals surface area contributed by atoms with E-state index in [4.69, 9.17) is 0 Å². The van der Waals surface area contributed by atoms with E-state index in [0.717, 1.165) is 25.7 Å². The van der Waals surface area contributed by atoms with Crippen LogP contribution in [0, 0.1) is 6.07 Å². The van der Waals surface area contributed by atoms with Gasteiger partial charge >= 0.3 is 0 Å². The average Bonchev–Trinajstić information content (AvgIpc) is 2.60. The predicted molar refractivity (Wildman–Crippen MR) is 102 cm³/mol. The summed E-state index contributed by atoms with van der Waals surface area (Å²) >= 11 is 0. The molecule has 2 aromatic carbocycles. The molecule has 0 nitrogen and oxygen atoms in total. The van der Waals surface area contributed by atoms with Gasteiger partial charge in [-0.15, -0.1) is 0 Å². The van der Waals surface area contributed by atoms with Crippen LogP contribution in [-0.2, 0) is 12.8 Å². The molecule has 119 valence electrons. The fraction of sp³-hybridized carbons (Fsp3) is 0.304. The van der Waals surface area contributed by atoms with Crippen molar-refractivity contribution in [1.82, 2.24) is 0 Å². The molecule has 1 radical (unpaired) electrons. The van der Waals surface area contributed by atoms with Gasteiger partial charge in [0.1, 0.15) is 0 Å². The number of rotatable bonds is 8. The molecule has 0 unspecified atom stereocenters. The third-order valence-corrected chi connectivity index (χ3v) is 3.86. The van der Waals surface area contributed by atoms with Gasteiger partial charge in [0.05, 0.1) is 0 Å². The molecule has 2 aromatic rings. The predicted octanol–water partition coefficient (Wildman–Crippen LogP) is 6.56. The summed E-state index contributed by atoms with van der Waals surface area (Å²) in [5.41, 5.74) is 5.17. The van der Waals surface area contributed by atoms with Gasteiger partial charge < -0.3 is 0 Å². The smallest absolute Gasteiger partial charge is 0.00911 e. The molecular formula is C23H27. The van der Waals surface area contributed by atoms with Gasteiger partial charge in [-0.05, 0) is 54.0 Å². The molecule has 0 atom stereocenters. The molecule has 0 amide bonds. The minimum Gasteiger partial charge on any atom is -0.0885 e. The van der Waals surface area contributed by atoms with Gasteiger partial charge in [-0.3, -0.25) is 0 Å². The van der Waals surface area contributed by atoms with E-state index in [1.54, 1.807) is 0 Å². The molecule has 0 N–H and O–H groups in total. The Morgan fingerprint density at radius 1 is 0.826 bits per heavy atom. The van der Waals surface area contributed by atoms with Crippen LogP contribution >= 0.6 is 0 Å². The summed E-state index contributed by atoms with van der Waals surface area (Å²) in [6.45, 7) is 4.37. The number of unbranched alkanes of at least 4 members (excludes halogenated alkanes) is 1. The molecular weight excluding hydrogens is 276 g/mol. The summed E-state index contributed by atoms with van der Waals surface area (Å²) in [5.74, 6) is 0. The lowest BCUT2D eigenvalue weighted by Gasteiger charge is -2.05. The Bertz CT molecular complexity index is 629. The minimum atomic E-state index is 0.966. The van der Waals surface area contributed by atoms with Gasteiger partial charge in [-0.25, -0.2) is 0 Å². The molecule has 0 spiro atoms. The van der Waals surface area contributed by atoms with Crippen molar-refractivity contribution >= 4 is 0 Å². The van der Waals surface area contributed by atoms with E-state index in [9.17, 15) is 0 Å². The molecule has 0 aliphatic heterocycles. The lowest BCUT2D eigenvalue weighted by Crippen LogP contribution is -1.86. The van der Waals surface area contributed by atoms with Crippen LogP contribution in [0.25, 0.3) is 11.1 Å². The second-order valence-electron chi connectivity index (χ2n) is 5.85. The van der Waals surface area contributed by atoms with Gasteiger partial charge in [-0.1, -0.05) is 87.0 Å². The highest BCUT2D eigenvalue weighted by Gasteiger charge is 1.99. The van der Waals surface area contributed by atoms with E-state index < -0.39 is 0 Å². The largest absolute Gasteiger partial charge is 0.0885 e. The van der Waals surface area contributed by atoms with Crippen molar-refractivity contribution in [1.29, 1.82) is 0 Å². The standard InChI is InChI=1S/C23H27/c1-3-5-7-9-12-21-13-10-14-23(19-21)22-17-15-20(16-18-22)11-8-6-4-2/h6-10,14-19H,3-5,11-12H2,1-2H3. The first-order valence-electron chi connectivity index (χ1n) is 8.73. The van der Waals surface area contributed by atoms with E-state index in [2.05, 4.69) is 80.6 Å². The maximum atomic E-state index is 3.34. The van der Waals surface area contributed by atoms with Crippen LogP contribution in [0.1, 0.15) is 44.2 Å². The van der Waals surface area contributed by atoms with Crippen molar-refractivity contribution in [3.8, 4) is 11.1 Å². The molecule has 0 heteroatoms. The first-order valence-corrected chi connectivity index (χ1v) is 8.73. The van der Waals surface area contributed by atoms with Gasteiger partial charge in [-0.2, -0.15) is 0 Å². The highest BCUT2D eigenvalue weighted by molar-refractivity contribution is 5.64. The van der Waals surface area contributed by atoms with Crippen molar-refractivity contribution in [3.63, 3.8) is 0 Å². The minimum absolute atomic E-state index is 0.966. The van der Waals surface area contributed by atoms with Crippen LogP contribution in [-0.4, -0.2) is 0 Å². The zero-order valence-electron chi connectivity index (χ0n) is 14.4. The Hall–Kier alpha value is -2.08. The van der Waals surface area contributed by atoms with E-state index in [0.29, 0.717) is 0 Å². The lowest BCUT2D eigenvalue weighted by atomic mass is 10.00. The summed E-state index contributed by atoms with van der Waals surface area (Å²) in [6, 6.07) is 18.7. The van der Waals surface area contributed by atoms with E-state index in [1.165, 1.54) is 28.7 Å². The quantitative estimate of drug-likeness (QED) is 0.484. The van der Waals surface area contributed by atoms with Gasteiger partial charge in [0.15, 0.2) is 0 Å². The van der Waals surface area contributed by atoms with Crippen molar-refractivity contribution in [2.75, 3.05) is 0 Å². The second kappa shape index (κ2) is 9.84. The molecule has 0 bridgehead atoms. The monoisotopic (exact) mass is 303 g/mol. The molecule has 0 heterocycles. The third kappa shape index (κ3) is 5.90. The molecule has 0 aromatic heterocycles. The summed E-state index contributed by atoms with van der Waals surface area (Å²) in [7, 11) is 0. The lowest BCUT2D eigenvalue weighted by molar-refractivity contribution is 0.953. The average molecular weight is 303 g/mol. The Kier molecular flexibility index (Phi) is 7.39. The van der Waals surface area contributed by atoms with Gasteiger partial charge in [0.2, 0.25) is 0 Å². The maximum absolute atomic E-state index is 3.34. The highest BCUT2D eigenvalue weighted by atomic mass is 14.0. The van der Waals surface area contributed by atoms with Crippen LogP contribution in [0.15, 0.2) is 66.8 Å². The molecule has 0 fully saturated rings. The summed E-state index contributed by atoms with van der Waals surface area (Å²) in [6.07, 6.45) is 14.4. The number of hydrogen-bond acceptors (Lipinski definition) is 0. The fourth-order valence-corrected chi connectivity index (χ4v) is 2.53. The molecule has 0 saturated carbocycles. The van der Waals surface area contributed by atoms with E-state index in [1.807, 2.05) is 6.07 Å². The number of benzene rings is 2. The van der Waals surface area contributed by atoms with Gasteiger partial charge in [0, 0.05) is 0 Å². The Morgan fingerprint density at radius 3 is 2.35 bits per heavy atom. The first-order chi connectivity index (χ1) is 11.3. The van der Waals surface area contributed by atoms with Crippen LogP contribution in [0.4, 0.5) is 0 Å². The topological polar surface area (TPSA) is 0 Å². The number of hydrogen-bond donors (Lipinski definition) is 0. The van der Waals surface area contributed by atoms with Crippen molar-refractivity contribution < 1.29 is 0 Å². The molecule has 0 aliphatic rings. The first kappa shape index (κ1) is 17.3. The summed E-state index contributed by atoms with van der Waals surface area (Å²) < 4.78 is 0. The van der Waals surface area contributed by atoms with E-state index in [-0.39, 0.29) is 0 Å². The normalized spacial score (nSPS) is 11.6. The van der Waals surface area contributed by atoms with Gasteiger partial charge in [0.25, 0.3) is 0 Å². The SMILES string of the molecule is CCC=CCc1ccc(-c2cc[c]c(CC=CCCC)c2)cc1. The summed E-state index contributed by atoms with van der Waals surface area (Å²) in [4.78, 5) is 0. The maximum Gasteiger partial charge on any atom is -0.00911 e. The highest BCUT2D eigenvalue weighted by Crippen LogP contribution is 2.21. The fourth-order valence-electron chi connectivity index (χ4n) is 2.53. The van der Waals surface area contributed by atoms with E-state index >= 15 is 0 Å². The molecule has 23 heavy (non-hydrogen) atoms. The van der Waals surface area contributed by atoms with Crippen LogP contribution in [0.3, 0.4) is 0 Å². The molecule has 0 saturated heterocycles. The number of allylic oxidation sites excluding steroid dienone is 4.